The summed E-state index contributed by atoms with van der Waals surface area (Å²) in [5.41, 5.74) is 7.07. The molecule has 2 N–H and O–H groups in total. The smallest absolute Gasteiger partial charge is 0.266 e. The number of nitrogens with zero attached hydrogens (tertiary/aromatic N) is 2. The van der Waals surface area contributed by atoms with Crippen LogP contribution in [0, 0.1) is 0 Å². The SMILES string of the molecule is [B]C(=O)c1cccc(CN2C(=O)C(c3ccccc3)(c3ccccc3)N=C2N)c1. The molecule has 2 radical (unpaired) electrons. The summed E-state index contributed by atoms with van der Waals surface area (Å²) in [5, 5.41) is 0. The average molecular weight is 379 g/mol. The quantitative estimate of drug-likeness (QED) is 0.693. The van der Waals surface area contributed by atoms with Gasteiger partial charge in [0.1, 0.15) is 5.68 Å². The van der Waals surface area contributed by atoms with Gasteiger partial charge in [0.2, 0.25) is 0 Å². The van der Waals surface area contributed by atoms with Gasteiger partial charge in [-0.2, -0.15) is 0 Å². The van der Waals surface area contributed by atoms with Gasteiger partial charge in [0, 0.05) is 5.56 Å². The minimum Gasteiger partial charge on any atom is -0.369 e. The highest BCUT2D eigenvalue weighted by molar-refractivity contribution is 6.62. The van der Waals surface area contributed by atoms with Crippen molar-refractivity contribution in [3.05, 3.63) is 107 Å². The first-order valence-corrected chi connectivity index (χ1v) is 9.19. The van der Waals surface area contributed by atoms with Crippen LogP contribution < -0.4 is 5.73 Å². The van der Waals surface area contributed by atoms with Crippen molar-refractivity contribution in [1.29, 1.82) is 0 Å². The van der Waals surface area contributed by atoms with Gasteiger partial charge in [-0.15, -0.1) is 0 Å². The van der Waals surface area contributed by atoms with E-state index >= 15 is 0 Å². The van der Waals surface area contributed by atoms with Crippen LogP contribution in [0.15, 0.2) is 89.9 Å². The summed E-state index contributed by atoms with van der Waals surface area (Å²) in [6, 6.07) is 25.6. The van der Waals surface area contributed by atoms with Crippen LogP contribution in [0.1, 0.15) is 27.0 Å². The molecule has 0 aromatic heterocycles. The van der Waals surface area contributed by atoms with Crippen molar-refractivity contribution >= 4 is 25.4 Å². The molecule has 3 aromatic carbocycles. The summed E-state index contributed by atoms with van der Waals surface area (Å²) in [7, 11) is 5.37. The Labute approximate surface area is 170 Å². The van der Waals surface area contributed by atoms with Crippen LogP contribution in [0.4, 0.5) is 0 Å². The molecule has 1 amide bonds. The van der Waals surface area contributed by atoms with Crippen molar-refractivity contribution in [2.24, 2.45) is 10.7 Å². The van der Waals surface area contributed by atoms with Crippen LogP contribution in [-0.2, 0) is 16.9 Å². The van der Waals surface area contributed by atoms with Gasteiger partial charge in [0.15, 0.2) is 19.3 Å². The van der Waals surface area contributed by atoms with Crippen molar-refractivity contribution < 1.29 is 9.59 Å². The van der Waals surface area contributed by atoms with Gasteiger partial charge in [0.25, 0.3) is 5.91 Å². The van der Waals surface area contributed by atoms with Crippen molar-refractivity contribution in [2.75, 3.05) is 0 Å². The van der Waals surface area contributed by atoms with Gasteiger partial charge in [-0.05, 0) is 22.8 Å². The van der Waals surface area contributed by atoms with Gasteiger partial charge in [-0.1, -0.05) is 78.9 Å². The number of carbonyl (C=O) groups excluding carboxylic acids is 2. The maximum absolute atomic E-state index is 13.7. The predicted molar refractivity (Wildman–Crippen MR) is 112 cm³/mol. The van der Waals surface area contributed by atoms with E-state index in [0.29, 0.717) is 5.56 Å². The topological polar surface area (TPSA) is 75.8 Å². The minimum atomic E-state index is -1.24. The van der Waals surface area contributed by atoms with E-state index in [4.69, 9.17) is 13.6 Å². The zero-order valence-corrected chi connectivity index (χ0v) is 15.7. The number of rotatable bonds is 5. The van der Waals surface area contributed by atoms with Gasteiger partial charge in [-0.25, -0.2) is 4.99 Å². The predicted octanol–water partition coefficient (Wildman–Crippen LogP) is 2.60. The molecule has 0 spiro atoms. The third-order valence-corrected chi connectivity index (χ3v) is 5.05. The lowest BCUT2D eigenvalue weighted by Gasteiger charge is -2.27. The van der Waals surface area contributed by atoms with Crippen LogP contribution in [-0.4, -0.2) is 30.3 Å². The van der Waals surface area contributed by atoms with E-state index < -0.39 is 11.2 Å². The molecule has 1 aliphatic rings. The van der Waals surface area contributed by atoms with Crippen molar-refractivity contribution in [1.82, 2.24) is 4.90 Å². The number of benzene rings is 3. The Morgan fingerprint density at radius 2 is 1.52 bits per heavy atom. The fraction of sp³-hybridized carbons (Fsp3) is 0.0870. The van der Waals surface area contributed by atoms with Crippen LogP contribution in [0.25, 0.3) is 0 Å². The first-order valence-electron chi connectivity index (χ1n) is 9.19. The second-order valence-electron chi connectivity index (χ2n) is 6.87. The van der Waals surface area contributed by atoms with Gasteiger partial charge < -0.3 is 10.5 Å². The molecule has 0 fully saturated rings. The number of guanidine groups is 1. The lowest BCUT2D eigenvalue weighted by molar-refractivity contribution is -0.130. The molecule has 0 atom stereocenters. The largest absolute Gasteiger partial charge is 0.369 e. The lowest BCUT2D eigenvalue weighted by Crippen LogP contribution is -2.43. The highest BCUT2D eigenvalue weighted by Gasteiger charge is 2.50. The zero-order valence-electron chi connectivity index (χ0n) is 15.7. The number of carbonyl (C=O) groups is 2. The van der Waals surface area contributed by atoms with E-state index in [0.717, 1.165) is 16.7 Å². The summed E-state index contributed by atoms with van der Waals surface area (Å²) >= 11 is 0. The van der Waals surface area contributed by atoms with E-state index in [9.17, 15) is 9.59 Å². The molecule has 3 aromatic rings. The lowest BCUT2D eigenvalue weighted by atomic mass is 9.83. The van der Waals surface area contributed by atoms with E-state index in [-0.39, 0.29) is 18.4 Å². The van der Waals surface area contributed by atoms with Crippen LogP contribution in [0.3, 0.4) is 0 Å². The third kappa shape index (κ3) is 3.23. The number of aliphatic imine (C=N–C) groups is 1. The molecule has 1 aliphatic heterocycles. The Morgan fingerprint density at radius 3 is 2.07 bits per heavy atom. The number of amides is 1. The van der Waals surface area contributed by atoms with Crippen LogP contribution in [0.5, 0.6) is 0 Å². The van der Waals surface area contributed by atoms with Gasteiger partial charge >= 0.3 is 0 Å². The fourth-order valence-corrected chi connectivity index (χ4v) is 3.64. The Bertz CT molecular complexity index is 1060. The monoisotopic (exact) mass is 379 g/mol. The average Bonchev–Trinajstić information content (AvgIpc) is 3.01. The molecule has 4 rings (SSSR count). The first kappa shape index (κ1) is 18.7. The standard InChI is InChI=1S/C23H18BN3O2/c24-20(28)17-9-7-8-16(14-17)15-27-21(29)23(26-22(27)25,18-10-3-1-4-11-18)19-12-5-2-6-13-19/h1-14H,15H2,(H2,25,26). The summed E-state index contributed by atoms with van der Waals surface area (Å²) in [6.07, 6.45) is 0. The Hall–Kier alpha value is -3.67. The highest BCUT2D eigenvalue weighted by atomic mass is 16.2. The van der Waals surface area contributed by atoms with E-state index in [1.807, 2.05) is 66.7 Å². The molecule has 0 unspecified atom stereocenters. The van der Waals surface area contributed by atoms with E-state index in [1.165, 1.54) is 4.90 Å². The maximum atomic E-state index is 13.7. The summed E-state index contributed by atoms with van der Waals surface area (Å²) in [5.74, 6) is -0.107. The number of nitrogens with two attached hydrogens (primary N) is 1. The van der Waals surface area contributed by atoms with Crippen molar-refractivity contribution in [2.45, 2.75) is 12.1 Å². The molecule has 0 aliphatic carbocycles. The second kappa shape index (κ2) is 7.39. The maximum Gasteiger partial charge on any atom is 0.266 e. The summed E-state index contributed by atoms with van der Waals surface area (Å²) in [6.45, 7) is 0.191. The molecule has 140 valence electrons. The molecular formula is C23H18BN3O2. The molecule has 29 heavy (non-hydrogen) atoms. The van der Waals surface area contributed by atoms with E-state index in [2.05, 4.69) is 4.99 Å². The Balaban J connectivity index is 1.77. The van der Waals surface area contributed by atoms with Gasteiger partial charge in [0.05, 0.1) is 6.54 Å². The van der Waals surface area contributed by atoms with Crippen molar-refractivity contribution in [3.63, 3.8) is 0 Å². The molecule has 1 heterocycles. The molecule has 0 saturated carbocycles. The molecule has 6 heteroatoms. The van der Waals surface area contributed by atoms with Gasteiger partial charge in [-0.3, -0.25) is 9.69 Å². The summed E-state index contributed by atoms with van der Waals surface area (Å²) < 4.78 is 0. The Kier molecular flexibility index (Phi) is 4.76. The van der Waals surface area contributed by atoms with Crippen molar-refractivity contribution in [3.8, 4) is 0 Å². The molecule has 0 bridgehead atoms. The molecule has 5 nitrogen and oxygen atoms in total. The molecular weight excluding hydrogens is 361 g/mol. The number of hydrogen-bond acceptors (Lipinski definition) is 4. The highest BCUT2D eigenvalue weighted by Crippen LogP contribution is 2.39. The van der Waals surface area contributed by atoms with E-state index in [1.54, 1.807) is 18.2 Å². The molecule has 0 saturated heterocycles. The number of hydrogen-bond donors (Lipinski definition) is 1. The Morgan fingerprint density at radius 1 is 0.931 bits per heavy atom. The fourth-order valence-electron chi connectivity index (χ4n) is 3.64. The first-order chi connectivity index (χ1) is 14.0. The van der Waals surface area contributed by atoms with Crippen LogP contribution in [0.2, 0.25) is 0 Å². The second-order valence-corrected chi connectivity index (χ2v) is 6.87. The summed E-state index contributed by atoms with van der Waals surface area (Å²) in [4.78, 5) is 31.3. The third-order valence-electron chi connectivity index (χ3n) is 5.05. The van der Waals surface area contributed by atoms with Crippen LogP contribution >= 0.6 is 0 Å². The minimum absolute atomic E-state index is 0.132. The zero-order chi connectivity index (χ0) is 20.4. The normalized spacial score (nSPS) is 15.2.